The molecule has 0 saturated carbocycles. The third kappa shape index (κ3) is 2.86. The maximum absolute atomic E-state index is 5.44. The zero-order chi connectivity index (χ0) is 11.6. The Morgan fingerprint density at radius 2 is 1.94 bits per heavy atom. The van der Waals surface area contributed by atoms with Gasteiger partial charge in [-0.15, -0.1) is 0 Å². The standard InChI is InChI=1S/C14H25NO/c1-14(2,3)12-5-4-8-15(11-12)13-6-9-16-10-7-13/h5,13H,4,6-11H2,1-3H3. The van der Waals surface area contributed by atoms with Gasteiger partial charge < -0.3 is 4.74 Å². The highest BCUT2D eigenvalue weighted by Crippen LogP contribution is 2.30. The summed E-state index contributed by atoms with van der Waals surface area (Å²) in [6.45, 7) is 11.3. The second-order valence-electron chi connectivity index (χ2n) is 6.08. The second-order valence-corrected chi connectivity index (χ2v) is 6.08. The smallest absolute Gasteiger partial charge is 0.0480 e. The molecule has 1 saturated heterocycles. The molecule has 92 valence electrons. The van der Waals surface area contributed by atoms with E-state index in [-0.39, 0.29) is 0 Å². The van der Waals surface area contributed by atoms with E-state index >= 15 is 0 Å². The van der Waals surface area contributed by atoms with E-state index in [0.29, 0.717) is 5.41 Å². The molecule has 0 spiro atoms. The maximum Gasteiger partial charge on any atom is 0.0480 e. The van der Waals surface area contributed by atoms with Crippen LogP contribution in [0.3, 0.4) is 0 Å². The molecule has 2 aliphatic heterocycles. The average molecular weight is 223 g/mol. The van der Waals surface area contributed by atoms with Gasteiger partial charge in [0.2, 0.25) is 0 Å². The molecule has 0 aromatic heterocycles. The van der Waals surface area contributed by atoms with Crippen molar-refractivity contribution in [3.8, 4) is 0 Å². The Hall–Kier alpha value is -0.340. The fourth-order valence-electron chi connectivity index (χ4n) is 2.67. The molecule has 0 radical (unpaired) electrons. The first-order valence-electron chi connectivity index (χ1n) is 6.58. The molecule has 2 rings (SSSR count). The van der Waals surface area contributed by atoms with Crippen molar-refractivity contribution in [1.29, 1.82) is 0 Å². The van der Waals surface area contributed by atoms with Gasteiger partial charge in [0.25, 0.3) is 0 Å². The van der Waals surface area contributed by atoms with Crippen LogP contribution in [0.15, 0.2) is 11.6 Å². The van der Waals surface area contributed by atoms with Gasteiger partial charge in [0.1, 0.15) is 0 Å². The lowest BCUT2D eigenvalue weighted by molar-refractivity contribution is 0.0347. The summed E-state index contributed by atoms with van der Waals surface area (Å²) in [5.74, 6) is 0. The van der Waals surface area contributed by atoms with E-state index in [1.807, 2.05) is 0 Å². The largest absolute Gasteiger partial charge is 0.381 e. The van der Waals surface area contributed by atoms with Crippen molar-refractivity contribution in [3.63, 3.8) is 0 Å². The molecule has 16 heavy (non-hydrogen) atoms. The van der Waals surface area contributed by atoms with Gasteiger partial charge in [0.05, 0.1) is 0 Å². The first-order valence-corrected chi connectivity index (χ1v) is 6.58. The SMILES string of the molecule is CC(C)(C)C1=CCCN(C2CCOCC2)C1. The summed E-state index contributed by atoms with van der Waals surface area (Å²) >= 11 is 0. The van der Waals surface area contributed by atoms with Gasteiger partial charge >= 0.3 is 0 Å². The quantitative estimate of drug-likeness (QED) is 0.634. The molecule has 0 aliphatic carbocycles. The van der Waals surface area contributed by atoms with Crippen molar-refractivity contribution in [3.05, 3.63) is 11.6 Å². The van der Waals surface area contributed by atoms with Crippen LogP contribution in [0, 0.1) is 5.41 Å². The Balaban J connectivity index is 1.96. The van der Waals surface area contributed by atoms with E-state index in [1.54, 1.807) is 5.57 Å². The normalized spacial score (nSPS) is 25.6. The van der Waals surface area contributed by atoms with Gasteiger partial charge in [0.15, 0.2) is 0 Å². The van der Waals surface area contributed by atoms with Crippen LogP contribution in [0.2, 0.25) is 0 Å². The molecule has 2 heteroatoms. The van der Waals surface area contributed by atoms with Gasteiger partial charge in [-0.2, -0.15) is 0 Å². The third-order valence-electron chi connectivity index (χ3n) is 3.85. The number of hydrogen-bond donors (Lipinski definition) is 0. The number of ether oxygens (including phenoxy) is 1. The molecule has 0 aromatic rings. The highest BCUT2D eigenvalue weighted by molar-refractivity contribution is 5.16. The van der Waals surface area contributed by atoms with Gasteiger partial charge in [-0.3, -0.25) is 4.90 Å². The molecule has 0 atom stereocenters. The van der Waals surface area contributed by atoms with Crippen LogP contribution in [-0.2, 0) is 4.74 Å². The predicted molar refractivity (Wildman–Crippen MR) is 67.6 cm³/mol. The van der Waals surface area contributed by atoms with Gasteiger partial charge in [-0.1, -0.05) is 32.4 Å². The third-order valence-corrected chi connectivity index (χ3v) is 3.85. The molecular formula is C14H25NO. The van der Waals surface area contributed by atoms with E-state index in [1.165, 1.54) is 32.4 Å². The topological polar surface area (TPSA) is 12.5 Å². The Bertz CT molecular complexity index is 258. The van der Waals surface area contributed by atoms with Crippen molar-refractivity contribution in [2.24, 2.45) is 5.41 Å². The summed E-state index contributed by atoms with van der Waals surface area (Å²) in [6.07, 6.45) is 6.12. The van der Waals surface area contributed by atoms with Gasteiger partial charge in [-0.05, 0) is 24.7 Å². The molecule has 0 N–H and O–H groups in total. The van der Waals surface area contributed by atoms with E-state index in [2.05, 4.69) is 31.7 Å². The molecule has 2 heterocycles. The van der Waals surface area contributed by atoms with Crippen molar-refractivity contribution < 1.29 is 4.74 Å². The first-order chi connectivity index (χ1) is 7.57. The summed E-state index contributed by atoms with van der Waals surface area (Å²) in [5.41, 5.74) is 1.95. The fourth-order valence-corrected chi connectivity index (χ4v) is 2.67. The zero-order valence-corrected chi connectivity index (χ0v) is 11.0. The van der Waals surface area contributed by atoms with Gasteiger partial charge in [-0.25, -0.2) is 0 Å². The highest BCUT2D eigenvalue weighted by Gasteiger charge is 2.27. The Morgan fingerprint density at radius 3 is 2.56 bits per heavy atom. The molecule has 2 aliphatic rings. The minimum atomic E-state index is 0.337. The van der Waals surface area contributed by atoms with Crippen LogP contribution in [-0.4, -0.2) is 37.2 Å². The molecule has 0 amide bonds. The van der Waals surface area contributed by atoms with Crippen molar-refractivity contribution >= 4 is 0 Å². The number of nitrogens with zero attached hydrogens (tertiary/aromatic N) is 1. The number of rotatable bonds is 1. The van der Waals surface area contributed by atoms with Crippen molar-refractivity contribution in [2.45, 2.75) is 46.1 Å². The van der Waals surface area contributed by atoms with Crippen LogP contribution in [0.4, 0.5) is 0 Å². The monoisotopic (exact) mass is 223 g/mol. The summed E-state index contributed by atoms with van der Waals surface area (Å²) < 4.78 is 5.44. The van der Waals surface area contributed by atoms with E-state index < -0.39 is 0 Å². The molecule has 1 fully saturated rings. The number of hydrogen-bond acceptors (Lipinski definition) is 2. The summed E-state index contributed by atoms with van der Waals surface area (Å²) in [6, 6.07) is 0.764. The van der Waals surface area contributed by atoms with Crippen LogP contribution in [0.1, 0.15) is 40.0 Å². The molecule has 2 nitrogen and oxygen atoms in total. The van der Waals surface area contributed by atoms with Crippen LogP contribution < -0.4 is 0 Å². The van der Waals surface area contributed by atoms with E-state index in [4.69, 9.17) is 4.74 Å². The van der Waals surface area contributed by atoms with Crippen molar-refractivity contribution in [2.75, 3.05) is 26.3 Å². The molecule has 0 aromatic carbocycles. The summed E-state index contributed by atoms with van der Waals surface area (Å²) in [5, 5.41) is 0. The summed E-state index contributed by atoms with van der Waals surface area (Å²) in [7, 11) is 0. The molecule has 0 bridgehead atoms. The van der Waals surface area contributed by atoms with E-state index in [0.717, 1.165) is 19.3 Å². The van der Waals surface area contributed by atoms with Crippen LogP contribution >= 0.6 is 0 Å². The second kappa shape index (κ2) is 4.89. The summed E-state index contributed by atoms with van der Waals surface area (Å²) in [4.78, 5) is 2.67. The molecular weight excluding hydrogens is 198 g/mol. The first kappa shape index (κ1) is 12.1. The maximum atomic E-state index is 5.44. The predicted octanol–water partition coefficient (Wildman–Crippen LogP) is 2.84. The minimum Gasteiger partial charge on any atom is -0.381 e. The average Bonchev–Trinajstić information content (AvgIpc) is 2.29. The molecule has 0 unspecified atom stereocenters. The van der Waals surface area contributed by atoms with Gasteiger partial charge in [0, 0.05) is 32.3 Å². The minimum absolute atomic E-state index is 0.337. The van der Waals surface area contributed by atoms with Crippen LogP contribution in [0.25, 0.3) is 0 Å². The zero-order valence-electron chi connectivity index (χ0n) is 11.0. The lowest BCUT2D eigenvalue weighted by atomic mass is 9.83. The van der Waals surface area contributed by atoms with E-state index in [9.17, 15) is 0 Å². The Labute approximate surface area is 99.7 Å². The lowest BCUT2D eigenvalue weighted by Gasteiger charge is -2.39. The van der Waals surface area contributed by atoms with Crippen LogP contribution in [0.5, 0.6) is 0 Å². The fraction of sp³-hybridized carbons (Fsp3) is 0.857. The Kier molecular flexibility index (Phi) is 3.70. The highest BCUT2D eigenvalue weighted by atomic mass is 16.5. The van der Waals surface area contributed by atoms with Crippen molar-refractivity contribution in [1.82, 2.24) is 4.90 Å². The lowest BCUT2D eigenvalue weighted by Crippen LogP contribution is -2.43. The Morgan fingerprint density at radius 1 is 1.25 bits per heavy atom.